The molecule has 0 amide bonds. The molecule has 0 fully saturated rings. The predicted octanol–water partition coefficient (Wildman–Crippen LogP) is 2.38. The first-order valence-electron chi connectivity index (χ1n) is 5.49. The second-order valence-electron chi connectivity index (χ2n) is 4.86. The van der Waals surface area contributed by atoms with Crippen LogP contribution >= 0.6 is 0 Å². The zero-order chi connectivity index (χ0) is 11.1. The Bertz CT molecular complexity index is 382. The van der Waals surface area contributed by atoms with Gasteiger partial charge >= 0.3 is 0 Å². The van der Waals surface area contributed by atoms with E-state index in [0.717, 1.165) is 12.2 Å². The zero-order valence-corrected chi connectivity index (χ0v) is 9.76. The maximum atomic E-state index is 5.81. The highest BCUT2D eigenvalue weighted by Crippen LogP contribution is 2.42. The van der Waals surface area contributed by atoms with E-state index < -0.39 is 0 Å². The molecule has 15 heavy (non-hydrogen) atoms. The van der Waals surface area contributed by atoms with Crippen LogP contribution in [0.1, 0.15) is 37.0 Å². The van der Waals surface area contributed by atoms with Crippen molar-refractivity contribution in [2.75, 3.05) is 7.11 Å². The molecule has 2 nitrogen and oxygen atoms in total. The number of hydrogen-bond donors (Lipinski definition) is 1. The average Bonchev–Trinajstić information content (AvgIpc) is 2.53. The number of hydrogen-bond acceptors (Lipinski definition) is 2. The van der Waals surface area contributed by atoms with Crippen molar-refractivity contribution in [3.63, 3.8) is 0 Å². The fourth-order valence-corrected chi connectivity index (χ4v) is 2.58. The maximum absolute atomic E-state index is 5.81. The fraction of sp³-hybridized carbons (Fsp3) is 0.538. The number of rotatable bonds is 2. The molecule has 1 aromatic rings. The summed E-state index contributed by atoms with van der Waals surface area (Å²) in [6.45, 7) is 5.17. The van der Waals surface area contributed by atoms with Crippen LogP contribution < -0.4 is 10.5 Å². The van der Waals surface area contributed by atoms with Crippen molar-refractivity contribution in [3.8, 4) is 5.75 Å². The van der Waals surface area contributed by atoms with Crippen molar-refractivity contribution in [3.05, 3.63) is 28.8 Å². The Kier molecular flexibility index (Phi) is 2.47. The lowest BCUT2D eigenvalue weighted by molar-refractivity contribution is 0.409. The van der Waals surface area contributed by atoms with Gasteiger partial charge in [-0.25, -0.2) is 0 Å². The van der Waals surface area contributed by atoms with E-state index in [2.05, 4.69) is 19.9 Å². The van der Waals surface area contributed by atoms with Gasteiger partial charge in [-0.3, -0.25) is 0 Å². The van der Waals surface area contributed by atoms with Gasteiger partial charge in [0.1, 0.15) is 5.75 Å². The first-order valence-corrected chi connectivity index (χ1v) is 5.49. The molecular formula is C13H19NO. The number of fused-ring (bicyclic) bond motifs is 1. The summed E-state index contributed by atoms with van der Waals surface area (Å²) in [6.07, 6.45) is 2.34. The summed E-state index contributed by atoms with van der Waals surface area (Å²) in [4.78, 5) is 0. The van der Waals surface area contributed by atoms with Crippen LogP contribution in [0.5, 0.6) is 5.75 Å². The molecule has 1 aliphatic rings. The van der Waals surface area contributed by atoms with Crippen molar-refractivity contribution in [1.29, 1.82) is 0 Å². The summed E-state index contributed by atoms with van der Waals surface area (Å²) >= 11 is 0. The molecule has 2 N–H and O–H groups in total. The van der Waals surface area contributed by atoms with Crippen LogP contribution in [0, 0.1) is 0 Å². The Morgan fingerprint density at radius 1 is 1.40 bits per heavy atom. The number of nitrogens with two attached hydrogens (primary N) is 1. The van der Waals surface area contributed by atoms with Crippen molar-refractivity contribution >= 4 is 0 Å². The van der Waals surface area contributed by atoms with Crippen LogP contribution in [0.4, 0.5) is 0 Å². The van der Waals surface area contributed by atoms with Crippen LogP contribution in [0.2, 0.25) is 0 Å². The predicted molar refractivity (Wildman–Crippen MR) is 62.2 cm³/mol. The first kappa shape index (κ1) is 10.5. The maximum Gasteiger partial charge on any atom is 0.123 e. The molecular weight excluding hydrogens is 186 g/mol. The Morgan fingerprint density at radius 3 is 2.73 bits per heavy atom. The molecule has 82 valence electrons. The van der Waals surface area contributed by atoms with Gasteiger partial charge in [-0.1, -0.05) is 19.9 Å². The van der Waals surface area contributed by atoms with E-state index in [4.69, 9.17) is 10.5 Å². The van der Waals surface area contributed by atoms with Gasteiger partial charge in [-0.05, 0) is 35.4 Å². The summed E-state index contributed by atoms with van der Waals surface area (Å²) < 4.78 is 5.35. The highest BCUT2D eigenvalue weighted by Gasteiger charge is 2.31. The molecule has 1 aromatic carbocycles. The Morgan fingerprint density at radius 2 is 2.13 bits per heavy atom. The second-order valence-corrected chi connectivity index (χ2v) is 4.86. The molecule has 0 radical (unpaired) electrons. The van der Waals surface area contributed by atoms with Gasteiger partial charge in [0.25, 0.3) is 0 Å². The quantitative estimate of drug-likeness (QED) is 0.804. The molecule has 2 rings (SSSR count). The van der Waals surface area contributed by atoms with E-state index in [9.17, 15) is 0 Å². The molecule has 0 unspecified atom stereocenters. The molecule has 0 spiro atoms. The number of benzene rings is 1. The average molecular weight is 205 g/mol. The van der Waals surface area contributed by atoms with Crippen LogP contribution in [0.15, 0.2) is 12.1 Å². The highest BCUT2D eigenvalue weighted by atomic mass is 16.5. The van der Waals surface area contributed by atoms with Crippen LogP contribution in [-0.4, -0.2) is 7.11 Å². The third kappa shape index (κ3) is 1.53. The summed E-state index contributed by atoms with van der Waals surface area (Å²) in [7, 11) is 1.71. The minimum Gasteiger partial charge on any atom is -0.496 e. The molecule has 0 bridgehead atoms. The van der Waals surface area contributed by atoms with Crippen LogP contribution in [-0.2, 0) is 18.4 Å². The van der Waals surface area contributed by atoms with Crippen LogP contribution in [0.25, 0.3) is 0 Å². The summed E-state index contributed by atoms with van der Waals surface area (Å²) in [6, 6.07) is 4.24. The summed E-state index contributed by atoms with van der Waals surface area (Å²) in [5.41, 5.74) is 10.2. The van der Waals surface area contributed by atoms with Gasteiger partial charge in [0.05, 0.1) is 7.11 Å². The van der Waals surface area contributed by atoms with Gasteiger partial charge in [0.2, 0.25) is 0 Å². The number of ether oxygens (including phenoxy) is 1. The van der Waals surface area contributed by atoms with Crippen LogP contribution in [0.3, 0.4) is 0 Å². The SMILES string of the molecule is COc1ccc2c(c1CN)CCC2(C)C. The number of methoxy groups -OCH3 is 1. The minimum absolute atomic E-state index is 0.297. The van der Waals surface area contributed by atoms with Crippen molar-refractivity contribution in [1.82, 2.24) is 0 Å². The van der Waals surface area contributed by atoms with Gasteiger partial charge in [-0.15, -0.1) is 0 Å². The smallest absolute Gasteiger partial charge is 0.123 e. The van der Waals surface area contributed by atoms with Gasteiger partial charge in [0, 0.05) is 12.1 Å². The van der Waals surface area contributed by atoms with Crippen molar-refractivity contribution in [2.45, 2.75) is 38.6 Å². The lowest BCUT2D eigenvalue weighted by atomic mass is 9.86. The van der Waals surface area contributed by atoms with Crippen molar-refractivity contribution < 1.29 is 4.74 Å². The molecule has 2 heteroatoms. The topological polar surface area (TPSA) is 35.2 Å². The van der Waals surface area contributed by atoms with Gasteiger partial charge in [0.15, 0.2) is 0 Å². The van der Waals surface area contributed by atoms with E-state index in [1.165, 1.54) is 23.1 Å². The minimum atomic E-state index is 0.297. The van der Waals surface area contributed by atoms with Crippen molar-refractivity contribution in [2.24, 2.45) is 5.73 Å². The molecule has 0 heterocycles. The van der Waals surface area contributed by atoms with E-state index in [1.807, 2.05) is 6.07 Å². The lowest BCUT2D eigenvalue weighted by Gasteiger charge is -2.20. The third-order valence-corrected chi connectivity index (χ3v) is 3.54. The Hall–Kier alpha value is -1.02. The van der Waals surface area contributed by atoms with Gasteiger partial charge < -0.3 is 10.5 Å². The Balaban J connectivity index is 2.59. The molecule has 0 aromatic heterocycles. The molecule has 1 aliphatic carbocycles. The van der Waals surface area contributed by atoms with E-state index in [-0.39, 0.29) is 0 Å². The lowest BCUT2D eigenvalue weighted by Crippen LogP contribution is -2.12. The summed E-state index contributed by atoms with van der Waals surface area (Å²) in [5, 5.41) is 0. The van der Waals surface area contributed by atoms with E-state index in [1.54, 1.807) is 7.11 Å². The largest absolute Gasteiger partial charge is 0.496 e. The molecule has 0 atom stereocenters. The zero-order valence-electron chi connectivity index (χ0n) is 9.76. The first-order chi connectivity index (χ1) is 7.10. The van der Waals surface area contributed by atoms with E-state index >= 15 is 0 Å². The highest BCUT2D eigenvalue weighted by molar-refractivity contribution is 5.50. The molecule has 0 aliphatic heterocycles. The molecule has 0 saturated heterocycles. The monoisotopic (exact) mass is 205 g/mol. The third-order valence-electron chi connectivity index (χ3n) is 3.54. The fourth-order valence-electron chi connectivity index (χ4n) is 2.58. The standard InChI is InChI=1S/C13H19NO/c1-13(2)7-6-9-10(8-14)12(15-3)5-4-11(9)13/h4-5H,6-8,14H2,1-3H3. The molecule has 0 saturated carbocycles. The van der Waals surface area contributed by atoms with Gasteiger partial charge in [-0.2, -0.15) is 0 Å². The second kappa shape index (κ2) is 3.53. The normalized spacial score (nSPS) is 17.6. The summed E-state index contributed by atoms with van der Waals surface area (Å²) in [5.74, 6) is 0.939. The Labute approximate surface area is 91.4 Å². The van der Waals surface area contributed by atoms with E-state index in [0.29, 0.717) is 12.0 Å².